The Bertz CT molecular complexity index is 500. The number of nitrogens with two attached hydrogens (primary N) is 1. The van der Waals surface area contributed by atoms with Crippen molar-refractivity contribution in [2.75, 3.05) is 18.2 Å². The van der Waals surface area contributed by atoms with Gasteiger partial charge in [-0.25, -0.2) is 4.98 Å². The van der Waals surface area contributed by atoms with Crippen molar-refractivity contribution in [3.63, 3.8) is 0 Å². The molecule has 0 spiro atoms. The summed E-state index contributed by atoms with van der Waals surface area (Å²) in [5.41, 5.74) is 7.46. The Balaban J connectivity index is 2.07. The third-order valence-corrected chi connectivity index (χ3v) is 2.40. The summed E-state index contributed by atoms with van der Waals surface area (Å²) in [6.07, 6.45) is 0. The number of hydrogen-bond acceptors (Lipinski definition) is 4. The quantitative estimate of drug-likeness (QED) is 0.844. The summed E-state index contributed by atoms with van der Waals surface area (Å²) < 4.78 is 5.25. The second kappa shape index (κ2) is 5.21. The normalized spacial score (nSPS) is 9.94. The molecule has 1 aromatic carbocycles. The molecular weight excluding hydrogens is 214 g/mol. The zero-order valence-corrected chi connectivity index (χ0v) is 9.68. The molecule has 0 radical (unpaired) electrons. The Labute approximate surface area is 100 Å². The second-order valence-corrected chi connectivity index (χ2v) is 3.61. The lowest BCUT2D eigenvalue weighted by Gasteiger charge is -2.10. The van der Waals surface area contributed by atoms with Gasteiger partial charge in [0.25, 0.3) is 0 Å². The van der Waals surface area contributed by atoms with Crippen molar-refractivity contribution < 1.29 is 4.74 Å². The number of para-hydroxylation sites is 2. The first kappa shape index (κ1) is 11.3. The van der Waals surface area contributed by atoms with Crippen molar-refractivity contribution >= 4 is 11.5 Å². The molecule has 0 aliphatic carbocycles. The fourth-order valence-corrected chi connectivity index (χ4v) is 1.57. The zero-order chi connectivity index (χ0) is 12.1. The zero-order valence-electron chi connectivity index (χ0n) is 9.68. The molecule has 1 aromatic heterocycles. The maximum absolute atomic E-state index is 5.62. The highest BCUT2D eigenvalue weighted by molar-refractivity contribution is 5.56. The first-order chi connectivity index (χ1) is 8.29. The van der Waals surface area contributed by atoms with Crippen molar-refractivity contribution in [3.05, 3.63) is 48.2 Å². The van der Waals surface area contributed by atoms with Gasteiger partial charge in [0, 0.05) is 0 Å². The summed E-state index contributed by atoms with van der Waals surface area (Å²) in [4.78, 5) is 4.22. The molecule has 0 saturated carbocycles. The van der Waals surface area contributed by atoms with Gasteiger partial charge in [-0.3, -0.25) is 0 Å². The monoisotopic (exact) mass is 229 g/mol. The third kappa shape index (κ3) is 2.87. The van der Waals surface area contributed by atoms with Crippen LogP contribution >= 0.6 is 0 Å². The van der Waals surface area contributed by atoms with E-state index in [0.717, 1.165) is 17.1 Å². The van der Waals surface area contributed by atoms with Gasteiger partial charge in [0.15, 0.2) is 0 Å². The lowest BCUT2D eigenvalue weighted by atomic mass is 10.2. The van der Waals surface area contributed by atoms with Gasteiger partial charge in [-0.1, -0.05) is 18.2 Å². The van der Waals surface area contributed by atoms with Gasteiger partial charge in [-0.15, -0.1) is 0 Å². The molecule has 0 bridgehead atoms. The Morgan fingerprint density at radius 3 is 2.76 bits per heavy atom. The van der Waals surface area contributed by atoms with E-state index in [1.165, 1.54) is 0 Å². The lowest BCUT2D eigenvalue weighted by molar-refractivity contribution is 0.416. The number of rotatable bonds is 4. The summed E-state index contributed by atoms with van der Waals surface area (Å²) in [6.45, 7) is 0.616. The molecule has 3 N–H and O–H groups in total. The number of nitrogens with zero attached hydrogens (tertiary/aromatic N) is 1. The van der Waals surface area contributed by atoms with E-state index in [9.17, 15) is 0 Å². The minimum Gasteiger partial charge on any atom is -0.495 e. The van der Waals surface area contributed by atoms with Crippen LogP contribution in [0.25, 0.3) is 0 Å². The van der Waals surface area contributed by atoms with Crippen molar-refractivity contribution in [3.8, 4) is 5.75 Å². The molecule has 2 rings (SSSR count). The molecule has 4 nitrogen and oxygen atoms in total. The van der Waals surface area contributed by atoms with Crippen LogP contribution in [0.1, 0.15) is 5.69 Å². The molecular formula is C13H15N3O. The number of pyridine rings is 1. The topological polar surface area (TPSA) is 60.2 Å². The number of anilines is 2. The molecule has 0 fully saturated rings. The first-order valence-electron chi connectivity index (χ1n) is 5.38. The smallest absolute Gasteiger partial charge is 0.141 e. The molecule has 4 heteroatoms. The summed E-state index contributed by atoms with van der Waals surface area (Å²) in [5.74, 6) is 1.35. The van der Waals surface area contributed by atoms with Gasteiger partial charge in [0.2, 0.25) is 0 Å². The minimum atomic E-state index is 0.532. The van der Waals surface area contributed by atoms with E-state index in [-0.39, 0.29) is 0 Å². The Hall–Kier alpha value is -2.23. The van der Waals surface area contributed by atoms with Gasteiger partial charge in [-0.2, -0.15) is 0 Å². The number of nitrogens with one attached hydrogen (secondary N) is 1. The lowest BCUT2D eigenvalue weighted by Crippen LogP contribution is -2.04. The van der Waals surface area contributed by atoms with E-state index >= 15 is 0 Å². The van der Waals surface area contributed by atoms with Crippen LogP contribution < -0.4 is 15.8 Å². The molecule has 0 aliphatic rings. The third-order valence-electron chi connectivity index (χ3n) is 2.40. The number of benzene rings is 1. The molecule has 0 unspecified atom stereocenters. The van der Waals surface area contributed by atoms with Crippen LogP contribution in [-0.4, -0.2) is 12.1 Å². The van der Waals surface area contributed by atoms with Gasteiger partial charge < -0.3 is 15.8 Å². The van der Waals surface area contributed by atoms with Crippen molar-refractivity contribution in [1.29, 1.82) is 0 Å². The van der Waals surface area contributed by atoms with Crippen molar-refractivity contribution in [2.45, 2.75) is 6.54 Å². The first-order valence-corrected chi connectivity index (χ1v) is 5.38. The summed E-state index contributed by atoms with van der Waals surface area (Å²) in [5, 5.41) is 3.26. The van der Waals surface area contributed by atoms with Crippen LogP contribution in [-0.2, 0) is 6.54 Å². The maximum Gasteiger partial charge on any atom is 0.141 e. The van der Waals surface area contributed by atoms with Gasteiger partial charge in [0.1, 0.15) is 11.6 Å². The fraction of sp³-hybridized carbons (Fsp3) is 0.154. The number of nitrogen functional groups attached to an aromatic ring is 1. The number of hydrogen-bond donors (Lipinski definition) is 2. The van der Waals surface area contributed by atoms with Crippen molar-refractivity contribution in [2.24, 2.45) is 0 Å². The second-order valence-electron chi connectivity index (χ2n) is 3.61. The summed E-state index contributed by atoms with van der Waals surface area (Å²) in [7, 11) is 1.65. The van der Waals surface area contributed by atoms with E-state index in [1.54, 1.807) is 13.2 Å². The van der Waals surface area contributed by atoms with E-state index in [1.807, 2.05) is 36.4 Å². The van der Waals surface area contributed by atoms with Crippen LogP contribution in [0.4, 0.5) is 11.5 Å². The average molecular weight is 229 g/mol. The molecule has 17 heavy (non-hydrogen) atoms. The minimum absolute atomic E-state index is 0.532. The standard InChI is InChI=1S/C13H15N3O/c1-17-12-7-3-2-6-11(12)15-9-10-5-4-8-13(14)16-10/h2-8,15H,9H2,1H3,(H2,14,16). The predicted molar refractivity (Wildman–Crippen MR) is 69.0 cm³/mol. The molecule has 1 heterocycles. The Morgan fingerprint density at radius 2 is 2.00 bits per heavy atom. The van der Waals surface area contributed by atoms with Crippen LogP contribution in [0.3, 0.4) is 0 Å². The molecule has 0 aliphatic heterocycles. The highest BCUT2D eigenvalue weighted by Gasteiger charge is 2.01. The van der Waals surface area contributed by atoms with E-state index in [4.69, 9.17) is 10.5 Å². The molecule has 2 aromatic rings. The van der Waals surface area contributed by atoms with E-state index in [0.29, 0.717) is 12.4 Å². The number of aromatic nitrogens is 1. The Morgan fingerprint density at radius 1 is 1.18 bits per heavy atom. The Kier molecular flexibility index (Phi) is 3.45. The largest absolute Gasteiger partial charge is 0.495 e. The van der Waals surface area contributed by atoms with E-state index in [2.05, 4.69) is 10.3 Å². The molecule has 0 atom stereocenters. The predicted octanol–water partition coefficient (Wildman–Crippen LogP) is 2.28. The van der Waals surface area contributed by atoms with Crippen LogP contribution in [0.15, 0.2) is 42.5 Å². The van der Waals surface area contributed by atoms with Gasteiger partial charge >= 0.3 is 0 Å². The summed E-state index contributed by atoms with van der Waals surface area (Å²) >= 11 is 0. The summed E-state index contributed by atoms with van der Waals surface area (Å²) in [6, 6.07) is 13.4. The molecule has 0 saturated heterocycles. The number of methoxy groups -OCH3 is 1. The SMILES string of the molecule is COc1ccccc1NCc1cccc(N)n1. The van der Waals surface area contributed by atoms with Crippen molar-refractivity contribution in [1.82, 2.24) is 4.98 Å². The van der Waals surface area contributed by atoms with Crippen LogP contribution in [0.2, 0.25) is 0 Å². The molecule has 0 amide bonds. The number of ether oxygens (including phenoxy) is 1. The maximum atomic E-state index is 5.62. The highest BCUT2D eigenvalue weighted by atomic mass is 16.5. The molecule has 88 valence electrons. The van der Waals surface area contributed by atoms with Gasteiger partial charge in [-0.05, 0) is 24.3 Å². The van der Waals surface area contributed by atoms with Gasteiger partial charge in [0.05, 0.1) is 25.0 Å². The fourth-order valence-electron chi connectivity index (χ4n) is 1.57. The van der Waals surface area contributed by atoms with Crippen LogP contribution in [0, 0.1) is 0 Å². The van der Waals surface area contributed by atoms with Crippen LogP contribution in [0.5, 0.6) is 5.75 Å². The average Bonchev–Trinajstić information content (AvgIpc) is 2.37. The van der Waals surface area contributed by atoms with E-state index < -0.39 is 0 Å². The highest BCUT2D eigenvalue weighted by Crippen LogP contribution is 2.23.